The molecule has 2 unspecified atom stereocenters. The van der Waals surface area contributed by atoms with Crippen molar-refractivity contribution in [3.63, 3.8) is 0 Å². The summed E-state index contributed by atoms with van der Waals surface area (Å²) in [7, 11) is 0. The first kappa shape index (κ1) is 12.9. The van der Waals surface area contributed by atoms with Gasteiger partial charge in [0.15, 0.2) is 0 Å². The van der Waals surface area contributed by atoms with Gasteiger partial charge in [-0.3, -0.25) is 4.79 Å². The molecule has 102 valence electrons. The summed E-state index contributed by atoms with van der Waals surface area (Å²) in [6, 6.07) is 4.80. The maximum absolute atomic E-state index is 13.1. The summed E-state index contributed by atoms with van der Waals surface area (Å²) in [6.45, 7) is 0. The lowest BCUT2D eigenvalue weighted by Crippen LogP contribution is -2.50. The van der Waals surface area contributed by atoms with Gasteiger partial charge in [0.2, 0.25) is 0 Å². The molecule has 0 spiro atoms. The molecule has 2 atom stereocenters. The highest BCUT2D eigenvalue weighted by Crippen LogP contribution is 2.36. The molecule has 1 amide bonds. The van der Waals surface area contributed by atoms with E-state index in [1.807, 2.05) is 4.90 Å². The van der Waals surface area contributed by atoms with E-state index in [4.69, 9.17) is 17.3 Å². The standard InChI is InChI=1S/C14H16ClFN2O/c15-12-5-8(1-4-13(12)16)14(19)18-10-2-3-11(18)7-9(17)6-10/h1,4-5,9-11H,2-3,6-7,17H2. The number of carbonyl (C=O) groups excluding carboxylic acids is 1. The highest BCUT2D eigenvalue weighted by Gasteiger charge is 2.42. The van der Waals surface area contributed by atoms with E-state index in [2.05, 4.69) is 0 Å². The maximum Gasteiger partial charge on any atom is 0.254 e. The minimum Gasteiger partial charge on any atom is -0.333 e. The van der Waals surface area contributed by atoms with Crippen LogP contribution in [0, 0.1) is 5.82 Å². The van der Waals surface area contributed by atoms with E-state index >= 15 is 0 Å². The van der Waals surface area contributed by atoms with Crippen LogP contribution < -0.4 is 5.73 Å². The van der Waals surface area contributed by atoms with E-state index in [1.54, 1.807) is 0 Å². The van der Waals surface area contributed by atoms with Crippen molar-refractivity contribution in [2.75, 3.05) is 0 Å². The Labute approximate surface area is 116 Å². The quantitative estimate of drug-likeness (QED) is 0.860. The van der Waals surface area contributed by atoms with Crippen LogP contribution in [0.3, 0.4) is 0 Å². The zero-order valence-electron chi connectivity index (χ0n) is 10.5. The van der Waals surface area contributed by atoms with Crippen LogP contribution >= 0.6 is 11.6 Å². The van der Waals surface area contributed by atoms with E-state index < -0.39 is 5.82 Å². The van der Waals surface area contributed by atoms with Gasteiger partial charge >= 0.3 is 0 Å². The lowest BCUT2D eigenvalue weighted by atomic mass is 9.97. The van der Waals surface area contributed by atoms with E-state index in [0.29, 0.717) is 5.56 Å². The Morgan fingerprint density at radius 2 is 1.95 bits per heavy atom. The summed E-state index contributed by atoms with van der Waals surface area (Å²) in [4.78, 5) is 14.5. The molecule has 2 N–H and O–H groups in total. The zero-order chi connectivity index (χ0) is 13.6. The molecule has 1 aromatic rings. The molecule has 1 aromatic carbocycles. The Morgan fingerprint density at radius 3 is 2.53 bits per heavy atom. The van der Waals surface area contributed by atoms with Gasteiger partial charge in [0.1, 0.15) is 5.82 Å². The van der Waals surface area contributed by atoms with Crippen molar-refractivity contribution < 1.29 is 9.18 Å². The molecule has 2 saturated heterocycles. The van der Waals surface area contributed by atoms with Crippen molar-refractivity contribution in [2.45, 2.75) is 43.8 Å². The van der Waals surface area contributed by atoms with Gasteiger partial charge < -0.3 is 10.6 Å². The van der Waals surface area contributed by atoms with Crippen LogP contribution in [0.1, 0.15) is 36.0 Å². The molecule has 2 aliphatic rings. The monoisotopic (exact) mass is 282 g/mol. The van der Waals surface area contributed by atoms with Crippen LogP contribution in [-0.4, -0.2) is 28.9 Å². The smallest absolute Gasteiger partial charge is 0.254 e. The maximum atomic E-state index is 13.1. The van der Waals surface area contributed by atoms with Crippen molar-refractivity contribution in [3.8, 4) is 0 Å². The fourth-order valence-electron chi connectivity index (χ4n) is 3.33. The topological polar surface area (TPSA) is 46.3 Å². The van der Waals surface area contributed by atoms with Crippen molar-refractivity contribution in [2.24, 2.45) is 5.73 Å². The molecular weight excluding hydrogens is 267 g/mol. The van der Waals surface area contributed by atoms with Crippen LogP contribution in [-0.2, 0) is 0 Å². The Hall–Kier alpha value is -1.13. The van der Waals surface area contributed by atoms with Crippen LogP contribution in [0.2, 0.25) is 5.02 Å². The molecule has 19 heavy (non-hydrogen) atoms. The van der Waals surface area contributed by atoms with Gasteiger partial charge in [-0.1, -0.05) is 11.6 Å². The summed E-state index contributed by atoms with van der Waals surface area (Å²) < 4.78 is 13.1. The number of benzene rings is 1. The fraction of sp³-hybridized carbons (Fsp3) is 0.500. The minimum atomic E-state index is -0.498. The Bertz CT molecular complexity index is 508. The van der Waals surface area contributed by atoms with Crippen molar-refractivity contribution >= 4 is 17.5 Å². The van der Waals surface area contributed by atoms with Crippen molar-refractivity contribution in [1.82, 2.24) is 4.90 Å². The second-order valence-electron chi connectivity index (χ2n) is 5.46. The molecule has 0 aromatic heterocycles. The molecule has 2 bridgehead atoms. The summed E-state index contributed by atoms with van der Waals surface area (Å²) in [5.74, 6) is -0.553. The number of rotatable bonds is 1. The van der Waals surface area contributed by atoms with E-state index in [1.165, 1.54) is 18.2 Å². The van der Waals surface area contributed by atoms with Gasteiger partial charge in [0.05, 0.1) is 5.02 Å². The Balaban J connectivity index is 1.86. The predicted octanol–water partition coefficient (Wildman–Crippen LogP) is 2.57. The van der Waals surface area contributed by atoms with Crippen LogP contribution in [0.4, 0.5) is 4.39 Å². The lowest BCUT2D eigenvalue weighted by Gasteiger charge is -2.37. The van der Waals surface area contributed by atoms with Gasteiger partial charge in [-0.05, 0) is 43.9 Å². The third-order valence-electron chi connectivity index (χ3n) is 4.17. The van der Waals surface area contributed by atoms with Crippen LogP contribution in [0.5, 0.6) is 0 Å². The molecule has 5 heteroatoms. The summed E-state index contributed by atoms with van der Waals surface area (Å²) >= 11 is 5.74. The molecule has 0 aliphatic carbocycles. The number of carbonyl (C=O) groups is 1. The number of amides is 1. The van der Waals surface area contributed by atoms with Gasteiger partial charge in [0.25, 0.3) is 5.91 Å². The summed E-state index contributed by atoms with van der Waals surface area (Å²) in [5, 5.41) is -0.00749. The SMILES string of the molecule is NC1CC2CCC(C1)N2C(=O)c1ccc(F)c(Cl)c1. The number of nitrogens with zero attached hydrogens (tertiary/aromatic N) is 1. The van der Waals surface area contributed by atoms with Crippen molar-refractivity contribution in [3.05, 3.63) is 34.6 Å². The number of halogens is 2. The number of piperidine rings is 1. The average Bonchev–Trinajstić information content (AvgIpc) is 2.64. The first-order valence-corrected chi connectivity index (χ1v) is 6.97. The normalized spacial score (nSPS) is 29.6. The molecule has 3 nitrogen and oxygen atoms in total. The highest BCUT2D eigenvalue weighted by atomic mass is 35.5. The van der Waals surface area contributed by atoms with Crippen LogP contribution in [0.25, 0.3) is 0 Å². The average molecular weight is 283 g/mol. The Kier molecular flexibility index (Phi) is 3.23. The fourth-order valence-corrected chi connectivity index (χ4v) is 3.51. The summed E-state index contributed by atoms with van der Waals surface area (Å²) in [6.07, 6.45) is 3.74. The molecule has 3 rings (SSSR count). The number of hydrogen-bond acceptors (Lipinski definition) is 2. The largest absolute Gasteiger partial charge is 0.333 e. The number of fused-ring (bicyclic) bond motifs is 2. The second kappa shape index (κ2) is 4.76. The van der Waals surface area contributed by atoms with Gasteiger partial charge in [0, 0.05) is 23.7 Å². The van der Waals surface area contributed by atoms with E-state index in [9.17, 15) is 9.18 Å². The van der Waals surface area contributed by atoms with Gasteiger partial charge in [-0.25, -0.2) is 4.39 Å². The minimum absolute atomic E-state index is 0.00749. The zero-order valence-corrected chi connectivity index (χ0v) is 11.2. The van der Waals surface area contributed by atoms with Crippen LogP contribution in [0.15, 0.2) is 18.2 Å². The first-order valence-electron chi connectivity index (χ1n) is 6.59. The van der Waals surface area contributed by atoms with E-state index in [-0.39, 0.29) is 29.1 Å². The molecule has 2 fully saturated rings. The summed E-state index contributed by atoms with van der Waals surface area (Å²) in [5.41, 5.74) is 6.45. The second-order valence-corrected chi connectivity index (χ2v) is 5.86. The third-order valence-corrected chi connectivity index (χ3v) is 4.46. The Morgan fingerprint density at radius 1 is 1.32 bits per heavy atom. The predicted molar refractivity (Wildman–Crippen MR) is 71.6 cm³/mol. The lowest BCUT2D eigenvalue weighted by molar-refractivity contribution is 0.0575. The third kappa shape index (κ3) is 2.23. The first-order chi connectivity index (χ1) is 9.06. The molecule has 0 saturated carbocycles. The highest BCUT2D eigenvalue weighted by molar-refractivity contribution is 6.31. The molecule has 2 heterocycles. The molecular formula is C14H16ClFN2O. The number of nitrogens with two attached hydrogens (primary N) is 1. The van der Waals surface area contributed by atoms with Gasteiger partial charge in [-0.2, -0.15) is 0 Å². The van der Waals surface area contributed by atoms with Gasteiger partial charge in [-0.15, -0.1) is 0 Å². The molecule has 0 radical (unpaired) electrons. The molecule has 2 aliphatic heterocycles. The van der Waals surface area contributed by atoms with E-state index in [0.717, 1.165) is 25.7 Å². The number of hydrogen-bond donors (Lipinski definition) is 1. The van der Waals surface area contributed by atoms with Crippen molar-refractivity contribution in [1.29, 1.82) is 0 Å².